The van der Waals surface area contributed by atoms with E-state index in [1.807, 2.05) is 24.3 Å². The molecule has 134 valence electrons. The van der Waals surface area contributed by atoms with Gasteiger partial charge >= 0.3 is 0 Å². The first-order valence-corrected chi connectivity index (χ1v) is 8.33. The van der Waals surface area contributed by atoms with Gasteiger partial charge in [0.1, 0.15) is 23.8 Å². The van der Waals surface area contributed by atoms with Crippen LogP contribution in [0.25, 0.3) is 0 Å². The van der Waals surface area contributed by atoms with Crippen LogP contribution in [0.2, 0.25) is 0 Å². The van der Waals surface area contributed by atoms with E-state index in [2.05, 4.69) is 26.3 Å². The van der Waals surface area contributed by atoms with E-state index in [9.17, 15) is 9.59 Å². The minimum Gasteiger partial charge on any atom is -0.486 e. The Kier molecular flexibility index (Phi) is 5.08. The quantitative estimate of drug-likeness (QED) is 0.638. The average Bonchev–Trinajstić information content (AvgIpc) is 3.21. The predicted octanol–water partition coefficient (Wildman–Crippen LogP) is 2.71. The second-order valence-corrected chi connectivity index (χ2v) is 6.27. The molecule has 0 aliphatic rings. The molecule has 2 aromatic heterocycles. The van der Waals surface area contributed by atoms with E-state index in [1.54, 1.807) is 13.1 Å². The molecule has 26 heavy (non-hydrogen) atoms. The number of hydrogen-bond donors (Lipinski definition) is 2. The second kappa shape index (κ2) is 7.44. The number of hydrogen-bond acceptors (Lipinski definition) is 5. The van der Waals surface area contributed by atoms with Gasteiger partial charge in [-0.3, -0.25) is 14.3 Å². The highest BCUT2D eigenvalue weighted by atomic mass is 79.9. The summed E-state index contributed by atoms with van der Waals surface area (Å²) in [6.07, 6.45) is 1.35. The van der Waals surface area contributed by atoms with Crippen LogP contribution in [0.3, 0.4) is 0 Å². The topological polar surface area (TPSA) is 112 Å². The van der Waals surface area contributed by atoms with Crippen LogP contribution in [-0.4, -0.2) is 21.6 Å². The van der Waals surface area contributed by atoms with Gasteiger partial charge in [-0.2, -0.15) is 5.10 Å². The molecule has 0 unspecified atom stereocenters. The Bertz CT molecular complexity index is 946. The van der Waals surface area contributed by atoms with E-state index < -0.39 is 11.8 Å². The van der Waals surface area contributed by atoms with Crippen LogP contribution in [0, 0.1) is 0 Å². The molecule has 0 aliphatic carbocycles. The van der Waals surface area contributed by atoms with Gasteiger partial charge in [0, 0.05) is 11.5 Å². The maximum absolute atomic E-state index is 12.3. The zero-order chi connectivity index (χ0) is 18.7. The number of carbonyl (C=O) groups is 2. The maximum Gasteiger partial charge on any atom is 0.291 e. The van der Waals surface area contributed by atoms with Gasteiger partial charge in [-0.15, -0.1) is 0 Å². The fourth-order valence-corrected chi connectivity index (χ4v) is 2.53. The molecule has 3 aromatic rings. The molecular formula is C17H15BrN4O4. The molecule has 0 atom stereocenters. The molecule has 0 fully saturated rings. The Hall–Kier alpha value is -3.07. The minimum absolute atomic E-state index is 0.0821. The monoisotopic (exact) mass is 418 g/mol. The van der Waals surface area contributed by atoms with E-state index in [0.717, 1.165) is 4.47 Å². The Balaban J connectivity index is 1.64. The molecule has 2 amide bonds. The van der Waals surface area contributed by atoms with Gasteiger partial charge in [-0.1, -0.05) is 15.9 Å². The first-order chi connectivity index (χ1) is 12.4. The van der Waals surface area contributed by atoms with Gasteiger partial charge in [-0.05, 0) is 36.4 Å². The number of ether oxygens (including phenoxy) is 1. The van der Waals surface area contributed by atoms with E-state index in [0.29, 0.717) is 11.5 Å². The number of nitrogens with one attached hydrogen (secondary N) is 1. The normalized spacial score (nSPS) is 10.5. The number of rotatable bonds is 6. The number of nitrogens with two attached hydrogens (primary N) is 1. The van der Waals surface area contributed by atoms with Crippen LogP contribution >= 0.6 is 15.9 Å². The smallest absolute Gasteiger partial charge is 0.291 e. The van der Waals surface area contributed by atoms with E-state index in [4.69, 9.17) is 14.9 Å². The summed E-state index contributed by atoms with van der Waals surface area (Å²) in [7, 11) is 1.56. The third-order valence-electron chi connectivity index (χ3n) is 3.50. The summed E-state index contributed by atoms with van der Waals surface area (Å²) < 4.78 is 13.3. The van der Waals surface area contributed by atoms with Gasteiger partial charge in [0.05, 0.1) is 11.9 Å². The number of halogens is 1. The lowest BCUT2D eigenvalue weighted by Gasteiger charge is -2.05. The molecule has 0 saturated heterocycles. The predicted molar refractivity (Wildman–Crippen MR) is 96.9 cm³/mol. The van der Waals surface area contributed by atoms with Crippen LogP contribution in [0.1, 0.15) is 26.8 Å². The second-order valence-electron chi connectivity index (χ2n) is 5.36. The highest BCUT2D eigenvalue weighted by Gasteiger charge is 2.18. The van der Waals surface area contributed by atoms with Crippen molar-refractivity contribution in [2.75, 3.05) is 5.32 Å². The van der Waals surface area contributed by atoms with Gasteiger partial charge < -0.3 is 20.2 Å². The largest absolute Gasteiger partial charge is 0.486 e. The van der Waals surface area contributed by atoms with Crippen molar-refractivity contribution in [3.8, 4) is 5.75 Å². The lowest BCUT2D eigenvalue weighted by Crippen LogP contribution is -2.20. The van der Waals surface area contributed by atoms with Crippen molar-refractivity contribution in [2.45, 2.75) is 6.61 Å². The summed E-state index contributed by atoms with van der Waals surface area (Å²) >= 11 is 3.35. The van der Waals surface area contributed by atoms with Crippen molar-refractivity contribution in [2.24, 2.45) is 12.8 Å². The number of primary amides is 1. The van der Waals surface area contributed by atoms with Gasteiger partial charge in [0.25, 0.3) is 11.8 Å². The zero-order valence-corrected chi connectivity index (χ0v) is 15.3. The molecule has 3 N–H and O–H groups in total. The maximum atomic E-state index is 12.3. The summed E-state index contributed by atoms with van der Waals surface area (Å²) in [5.74, 6) is 0.0360. The molecule has 2 heterocycles. The van der Waals surface area contributed by atoms with E-state index in [-0.39, 0.29) is 23.7 Å². The molecule has 3 rings (SSSR count). The lowest BCUT2D eigenvalue weighted by atomic mass is 10.3. The molecular weight excluding hydrogens is 404 g/mol. The number of furan rings is 1. The average molecular weight is 419 g/mol. The third kappa shape index (κ3) is 3.94. The number of anilines is 1. The number of nitrogens with zero attached hydrogens (tertiary/aromatic N) is 2. The fourth-order valence-electron chi connectivity index (χ4n) is 2.27. The molecule has 0 saturated carbocycles. The number of carbonyl (C=O) groups excluding carboxylic acids is 2. The summed E-state index contributed by atoms with van der Waals surface area (Å²) in [5.41, 5.74) is 5.61. The summed E-state index contributed by atoms with van der Waals surface area (Å²) in [5, 5.41) is 6.47. The van der Waals surface area contributed by atoms with Gasteiger partial charge in [0.2, 0.25) is 0 Å². The van der Waals surface area contributed by atoms with Crippen molar-refractivity contribution in [3.63, 3.8) is 0 Å². The summed E-state index contributed by atoms with van der Waals surface area (Å²) in [6, 6.07) is 10.5. The van der Waals surface area contributed by atoms with Crippen LogP contribution in [0.15, 0.2) is 51.5 Å². The van der Waals surface area contributed by atoms with Crippen molar-refractivity contribution >= 4 is 33.4 Å². The Labute approximate surface area is 157 Å². The standard InChI is InChI=1S/C17H15BrN4O4/c1-22-15(16(19)23)13(8-20-22)21-17(24)14-7-6-12(26-14)9-25-11-4-2-10(18)3-5-11/h2-8H,9H2,1H3,(H2,19,23)(H,21,24). The SMILES string of the molecule is Cn1ncc(NC(=O)c2ccc(COc3ccc(Br)cc3)o2)c1C(N)=O. The summed E-state index contributed by atoms with van der Waals surface area (Å²) in [6.45, 7) is 0.175. The number of benzene rings is 1. The van der Waals surface area contributed by atoms with Crippen molar-refractivity contribution in [1.29, 1.82) is 0 Å². The molecule has 9 heteroatoms. The van der Waals surface area contributed by atoms with Crippen LogP contribution in [-0.2, 0) is 13.7 Å². The number of aryl methyl sites for hydroxylation is 1. The molecule has 0 spiro atoms. The summed E-state index contributed by atoms with van der Waals surface area (Å²) in [4.78, 5) is 23.7. The van der Waals surface area contributed by atoms with Crippen molar-refractivity contribution in [1.82, 2.24) is 9.78 Å². The Morgan fingerprint density at radius 3 is 2.69 bits per heavy atom. The van der Waals surface area contributed by atoms with Crippen molar-refractivity contribution in [3.05, 3.63) is 64.3 Å². The Morgan fingerprint density at radius 1 is 1.27 bits per heavy atom. The van der Waals surface area contributed by atoms with Gasteiger partial charge in [0.15, 0.2) is 5.76 Å². The first kappa shape index (κ1) is 17.7. The number of amides is 2. The van der Waals surface area contributed by atoms with Crippen LogP contribution in [0.4, 0.5) is 5.69 Å². The first-order valence-electron chi connectivity index (χ1n) is 7.54. The van der Waals surface area contributed by atoms with Gasteiger partial charge in [-0.25, -0.2) is 0 Å². The minimum atomic E-state index is -0.691. The number of aromatic nitrogens is 2. The van der Waals surface area contributed by atoms with Crippen LogP contribution < -0.4 is 15.8 Å². The fraction of sp³-hybridized carbons (Fsp3) is 0.118. The van der Waals surface area contributed by atoms with E-state index in [1.165, 1.54) is 16.9 Å². The third-order valence-corrected chi connectivity index (χ3v) is 4.03. The molecule has 0 radical (unpaired) electrons. The van der Waals surface area contributed by atoms with Crippen molar-refractivity contribution < 1.29 is 18.7 Å². The molecule has 1 aromatic carbocycles. The molecule has 8 nitrogen and oxygen atoms in total. The van der Waals surface area contributed by atoms with E-state index >= 15 is 0 Å². The molecule has 0 bridgehead atoms. The highest BCUT2D eigenvalue weighted by Crippen LogP contribution is 2.19. The molecule has 0 aliphatic heterocycles. The lowest BCUT2D eigenvalue weighted by molar-refractivity contribution is 0.0992. The zero-order valence-electron chi connectivity index (χ0n) is 13.7. The van der Waals surface area contributed by atoms with Crippen LogP contribution in [0.5, 0.6) is 5.75 Å². The highest BCUT2D eigenvalue weighted by molar-refractivity contribution is 9.10. The Morgan fingerprint density at radius 2 is 2.00 bits per heavy atom.